The standard InChI is InChI=1S/C23H17Cl2N3O5/c1-32-18-4-2-3-16(12-18)27-21(29)22(30)28-26-13-14-5-8-17(9-6-14)33-23(31)19-10-7-15(24)11-20(19)25/h2-13H,1H3,(H,27,29)(H,28,30)/b26-13+. The number of hydrazone groups is 1. The smallest absolute Gasteiger partial charge is 0.345 e. The predicted octanol–water partition coefficient (Wildman–Crippen LogP) is 4.31. The highest BCUT2D eigenvalue weighted by atomic mass is 35.5. The Balaban J connectivity index is 1.52. The molecule has 3 aromatic rings. The SMILES string of the molecule is COc1cccc(NC(=O)C(=O)N/N=C/c2ccc(OC(=O)c3ccc(Cl)cc3Cl)cc2)c1. The Bertz CT molecular complexity index is 1210. The molecule has 33 heavy (non-hydrogen) atoms. The van der Waals surface area contributed by atoms with Crippen molar-refractivity contribution in [3.05, 3.63) is 87.9 Å². The zero-order chi connectivity index (χ0) is 23.8. The molecular formula is C23H17Cl2N3O5. The largest absolute Gasteiger partial charge is 0.497 e. The fraction of sp³-hybridized carbons (Fsp3) is 0.0435. The molecule has 0 atom stereocenters. The minimum atomic E-state index is -0.945. The molecule has 2 N–H and O–H groups in total. The van der Waals surface area contributed by atoms with Gasteiger partial charge in [0.1, 0.15) is 11.5 Å². The van der Waals surface area contributed by atoms with Crippen LogP contribution >= 0.6 is 23.2 Å². The van der Waals surface area contributed by atoms with Gasteiger partial charge in [-0.1, -0.05) is 29.3 Å². The summed E-state index contributed by atoms with van der Waals surface area (Å²) in [4.78, 5) is 36.1. The van der Waals surface area contributed by atoms with E-state index in [0.29, 0.717) is 22.0 Å². The maximum absolute atomic E-state index is 12.2. The molecular weight excluding hydrogens is 469 g/mol. The van der Waals surface area contributed by atoms with Crippen molar-refractivity contribution in [3.63, 3.8) is 0 Å². The number of nitrogens with one attached hydrogen (secondary N) is 2. The van der Waals surface area contributed by atoms with Gasteiger partial charge in [-0.2, -0.15) is 5.10 Å². The second-order valence-corrected chi connectivity index (χ2v) is 7.31. The first-order valence-corrected chi connectivity index (χ1v) is 10.2. The third-order valence-electron chi connectivity index (χ3n) is 4.16. The van der Waals surface area contributed by atoms with Crippen LogP contribution in [0.2, 0.25) is 10.0 Å². The van der Waals surface area contributed by atoms with Crippen molar-refractivity contribution in [2.45, 2.75) is 0 Å². The molecule has 3 rings (SSSR count). The third-order valence-corrected chi connectivity index (χ3v) is 4.70. The van der Waals surface area contributed by atoms with E-state index in [1.165, 1.54) is 31.5 Å². The van der Waals surface area contributed by atoms with Crippen LogP contribution in [-0.2, 0) is 9.59 Å². The van der Waals surface area contributed by atoms with Crippen LogP contribution in [0.4, 0.5) is 5.69 Å². The number of amides is 2. The first-order valence-electron chi connectivity index (χ1n) is 9.41. The minimum Gasteiger partial charge on any atom is -0.497 e. The Labute approximate surface area is 199 Å². The van der Waals surface area contributed by atoms with Gasteiger partial charge in [0.05, 0.1) is 23.9 Å². The first-order chi connectivity index (χ1) is 15.9. The summed E-state index contributed by atoms with van der Waals surface area (Å²) in [6, 6.07) is 17.3. The second-order valence-electron chi connectivity index (χ2n) is 6.47. The molecule has 2 amide bonds. The fourth-order valence-corrected chi connectivity index (χ4v) is 3.03. The molecule has 0 heterocycles. The Morgan fingerprint density at radius 3 is 2.36 bits per heavy atom. The number of esters is 1. The summed E-state index contributed by atoms with van der Waals surface area (Å²) < 4.78 is 10.3. The van der Waals surface area contributed by atoms with Crippen molar-refractivity contribution in [2.24, 2.45) is 5.10 Å². The number of methoxy groups -OCH3 is 1. The van der Waals surface area contributed by atoms with E-state index in [4.69, 9.17) is 32.7 Å². The number of carbonyl (C=O) groups excluding carboxylic acids is 3. The van der Waals surface area contributed by atoms with Crippen molar-refractivity contribution in [3.8, 4) is 11.5 Å². The van der Waals surface area contributed by atoms with E-state index in [9.17, 15) is 14.4 Å². The minimum absolute atomic E-state index is 0.182. The zero-order valence-electron chi connectivity index (χ0n) is 17.2. The highest BCUT2D eigenvalue weighted by molar-refractivity contribution is 6.39. The summed E-state index contributed by atoms with van der Waals surface area (Å²) in [6.45, 7) is 0. The Hall–Kier alpha value is -3.88. The Kier molecular flexibility index (Phi) is 8.01. The zero-order valence-corrected chi connectivity index (χ0v) is 18.7. The molecule has 0 radical (unpaired) electrons. The molecule has 0 bridgehead atoms. The summed E-state index contributed by atoms with van der Waals surface area (Å²) in [7, 11) is 1.49. The number of hydrogen-bond acceptors (Lipinski definition) is 6. The van der Waals surface area contributed by atoms with Crippen LogP contribution in [0.25, 0.3) is 0 Å². The molecule has 0 aliphatic rings. The molecule has 168 valence electrons. The lowest BCUT2D eigenvalue weighted by molar-refractivity contribution is -0.136. The van der Waals surface area contributed by atoms with Crippen molar-refractivity contribution in [2.75, 3.05) is 12.4 Å². The van der Waals surface area contributed by atoms with Crippen LogP contribution in [0.5, 0.6) is 11.5 Å². The molecule has 8 nitrogen and oxygen atoms in total. The van der Waals surface area contributed by atoms with Gasteiger partial charge >= 0.3 is 17.8 Å². The fourth-order valence-electron chi connectivity index (χ4n) is 2.54. The molecule has 0 fully saturated rings. The molecule has 0 aliphatic carbocycles. The lowest BCUT2D eigenvalue weighted by atomic mass is 10.2. The van der Waals surface area contributed by atoms with E-state index in [1.807, 2.05) is 0 Å². The number of anilines is 1. The molecule has 0 aromatic heterocycles. The maximum atomic E-state index is 12.2. The number of rotatable bonds is 6. The molecule has 0 unspecified atom stereocenters. The van der Waals surface area contributed by atoms with Crippen LogP contribution in [-0.4, -0.2) is 31.1 Å². The van der Waals surface area contributed by atoms with Gasteiger partial charge < -0.3 is 14.8 Å². The summed E-state index contributed by atoms with van der Waals surface area (Å²) in [6.07, 6.45) is 1.33. The quantitative estimate of drug-likeness (QED) is 0.178. The monoisotopic (exact) mass is 485 g/mol. The molecule has 0 saturated heterocycles. The van der Waals surface area contributed by atoms with Gasteiger partial charge in [0.15, 0.2) is 0 Å². The average molecular weight is 486 g/mol. The summed E-state index contributed by atoms with van der Waals surface area (Å²) >= 11 is 11.8. The first kappa shape index (κ1) is 23.8. The van der Waals surface area contributed by atoms with E-state index >= 15 is 0 Å². The van der Waals surface area contributed by atoms with Gasteiger partial charge in [0.25, 0.3) is 0 Å². The van der Waals surface area contributed by atoms with Crippen molar-refractivity contribution < 1.29 is 23.9 Å². The van der Waals surface area contributed by atoms with Crippen molar-refractivity contribution >= 4 is 52.9 Å². The van der Waals surface area contributed by atoms with Gasteiger partial charge in [0, 0.05) is 16.8 Å². The number of carbonyl (C=O) groups is 3. The molecule has 0 saturated carbocycles. The lowest BCUT2D eigenvalue weighted by Crippen LogP contribution is -2.32. The number of halogens is 2. The van der Waals surface area contributed by atoms with Crippen LogP contribution < -0.4 is 20.2 Å². The van der Waals surface area contributed by atoms with E-state index in [0.717, 1.165) is 0 Å². The highest BCUT2D eigenvalue weighted by Gasteiger charge is 2.14. The van der Waals surface area contributed by atoms with Crippen LogP contribution in [0.1, 0.15) is 15.9 Å². The van der Waals surface area contributed by atoms with Gasteiger partial charge in [-0.15, -0.1) is 0 Å². The lowest BCUT2D eigenvalue weighted by Gasteiger charge is -2.06. The van der Waals surface area contributed by atoms with Crippen LogP contribution in [0.3, 0.4) is 0 Å². The Morgan fingerprint density at radius 2 is 1.67 bits per heavy atom. The van der Waals surface area contributed by atoms with Gasteiger partial charge in [-0.05, 0) is 60.2 Å². The molecule has 0 spiro atoms. The maximum Gasteiger partial charge on any atom is 0.345 e. The number of nitrogens with zero attached hydrogens (tertiary/aromatic N) is 1. The molecule has 0 aliphatic heterocycles. The van der Waals surface area contributed by atoms with Crippen LogP contribution in [0.15, 0.2) is 71.8 Å². The normalized spacial score (nSPS) is 10.5. The third kappa shape index (κ3) is 6.80. The average Bonchev–Trinajstić information content (AvgIpc) is 2.80. The summed E-state index contributed by atoms with van der Waals surface area (Å²) in [5, 5.41) is 6.78. The Morgan fingerprint density at radius 1 is 0.909 bits per heavy atom. The van der Waals surface area contributed by atoms with E-state index < -0.39 is 17.8 Å². The van der Waals surface area contributed by atoms with Gasteiger partial charge in [-0.3, -0.25) is 9.59 Å². The number of ether oxygens (including phenoxy) is 2. The number of hydrogen-bond donors (Lipinski definition) is 2. The van der Waals surface area contributed by atoms with E-state index in [2.05, 4.69) is 15.8 Å². The van der Waals surface area contributed by atoms with Crippen molar-refractivity contribution in [1.82, 2.24) is 5.43 Å². The van der Waals surface area contributed by atoms with E-state index in [1.54, 1.807) is 48.5 Å². The predicted molar refractivity (Wildman–Crippen MR) is 125 cm³/mol. The summed E-state index contributed by atoms with van der Waals surface area (Å²) in [5.74, 6) is -1.64. The van der Waals surface area contributed by atoms with Gasteiger partial charge in [-0.25, -0.2) is 10.2 Å². The second kappa shape index (κ2) is 11.1. The summed E-state index contributed by atoms with van der Waals surface area (Å²) in [5.41, 5.74) is 3.31. The molecule has 10 heteroatoms. The van der Waals surface area contributed by atoms with Crippen molar-refractivity contribution in [1.29, 1.82) is 0 Å². The highest BCUT2D eigenvalue weighted by Crippen LogP contribution is 2.23. The van der Waals surface area contributed by atoms with Crippen LogP contribution in [0, 0.1) is 0 Å². The molecule has 3 aromatic carbocycles. The van der Waals surface area contributed by atoms with Gasteiger partial charge in [0.2, 0.25) is 0 Å². The van der Waals surface area contributed by atoms with E-state index in [-0.39, 0.29) is 16.3 Å². The number of benzene rings is 3. The topological polar surface area (TPSA) is 106 Å².